The maximum absolute atomic E-state index is 10.2. The van der Waals surface area contributed by atoms with E-state index in [4.69, 9.17) is 5.73 Å². The average Bonchev–Trinajstić information content (AvgIpc) is 2.06. The van der Waals surface area contributed by atoms with E-state index in [1.165, 1.54) is 0 Å². The maximum Gasteiger partial charge on any atom is 0.124 e. The van der Waals surface area contributed by atoms with Gasteiger partial charge in [0.25, 0.3) is 0 Å². The summed E-state index contributed by atoms with van der Waals surface area (Å²) < 4.78 is 0. The van der Waals surface area contributed by atoms with Crippen LogP contribution in [0, 0.1) is 0 Å². The highest BCUT2D eigenvalue weighted by Gasteiger charge is 1.96. The van der Waals surface area contributed by atoms with Crippen molar-refractivity contribution in [1.29, 1.82) is 0 Å². The summed E-state index contributed by atoms with van der Waals surface area (Å²) in [5.74, 6) is 0. The molecule has 0 bridgehead atoms. The molecule has 0 aromatic heterocycles. The van der Waals surface area contributed by atoms with Crippen molar-refractivity contribution < 1.29 is 4.79 Å². The van der Waals surface area contributed by atoms with E-state index in [1.807, 2.05) is 24.3 Å². The zero-order chi connectivity index (χ0) is 8.10. The van der Waals surface area contributed by atoms with Crippen molar-refractivity contribution in [3.8, 4) is 0 Å². The van der Waals surface area contributed by atoms with E-state index >= 15 is 0 Å². The van der Waals surface area contributed by atoms with Crippen LogP contribution < -0.4 is 5.73 Å². The Labute approximate surface area is 66.0 Å². The Balaban J connectivity index is 2.92. The number of carbonyl (C=O) groups excluding carboxylic acids is 1. The first-order valence-electron chi connectivity index (χ1n) is 3.59. The molecule has 2 N–H and O–H groups in total. The van der Waals surface area contributed by atoms with Crippen molar-refractivity contribution >= 4 is 6.29 Å². The van der Waals surface area contributed by atoms with E-state index in [0.717, 1.165) is 17.4 Å². The number of rotatable bonds is 3. The Morgan fingerprint density at radius 2 is 1.91 bits per heavy atom. The second-order valence-electron chi connectivity index (χ2n) is 2.34. The normalized spacial score (nSPS) is 9.55. The molecule has 0 heterocycles. The van der Waals surface area contributed by atoms with E-state index in [-0.39, 0.29) is 0 Å². The van der Waals surface area contributed by atoms with Crippen LogP contribution in [-0.4, -0.2) is 6.29 Å². The topological polar surface area (TPSA) is 43.1 Å². The lowest BCUT2D eigenvalue weighted by Crippen LogP contribution is -2.01. The lowest BCUT2D eigenvalue weighted by atomic mass is 10.1. The maximum atomic E-state index is 10.2. The van der Waals surface area contributed by atoms with Crippen LogP contribution in [0.4, 0.5) is 0 Å². The summed E-state index contributed by atoms with van der Waals surface area (Å²) in [5.41, 5.74) is 7.55. The van der Waals surface area contributed by atoms with Gasteiger partial charge in [-0.15, -0.1) is 0 Å². The molecule has 0 spiro atoms. The third kappa shape index (κ3) is 1.88. The van der Waals surface area contributed by atoms with Gasteiger partial charge in [0.05, 0.1) is 0 Å². The Bertz CT molecular complexity index is 245. The molecule has 58 valence electrons. The van der Waals surface area contributed by atoms with Gasteiger partial charge >= 0.3 is 0 Å². The van der Waals surface area contributed by atoms with Crippen LogP contribution in [0.3, 0.4) is 0 Å². The first kappa shape index (κ1) is 7.95. The molecule has 0 aliphatic rings. The second-order valence-corrected chi connectivity index (χ2v) is 2.34. The number of hydrogen-bond donors (Lipinski definition) is 1. The smallest absolute Gasteiger partial charge is 0.124 e. The average molecular weight is 149 g/mol. The summed E-state index contributed by atoms with van der Waals surface area (Å²) in [5, 5.41) is 0. The highest BCUT2D eigenvalue weighted by molar-refractivity contribution is 5.56. The van der Waals surface area contributed by atoms with Gasteiger partial charge < -0.3 is 10.5 Å². The van der Waals surface area contributed by atoms with Gasteiger partial charge in [-0.2, -0.15) is 0 Å². The Morgan fingerprint density at radius 1 is 1.27 bits per heavy atom. The van der Waals surface area contributed by atoms with E-state index in [1.54, 1.807) is 0 Å². The van der Waals surface area contributed by atoms with E-state index < -0.39 is 0 Å². The Kier molecular flexibility index (Phi) is 2.81. The van der Waals surface area contributed by atoms with Gasteiger partial charge in [-0.3, -0.25) is 0 Å². The molecule has 0 fully saturated rings. The van der Waals surface area contributed by atoms with Crippen molar-refractivity contribution in [1.82, 2.24) is 0 Å². The quantitative estimate of drug-likeness (QED) is 0.648. The van der Waals surface area contributed by atoms with Gasteiger partial charge in [-0.25, -0.2) is 0 Å². The van der Waals surface area contributed by atoms with Gasteiger partial charge in [-0.1, -0.05) is 24.3 Å². The summed E-state index contributed by atoms with van der Waals surface area (Å²) in [7, 11) is 0. The van der Waals surface area contributed by atoms with Crippen molar-refractivity contribution in [2.75, 3.05) is 0 Å². The molecular weight excluding hydrogens is 138 g/mol. The summed E-state index contributed by atoms with van der Waals surface area (Å²) >= 11 is 0. The summed E-state index contributed by atoms with van der Waals surface area (Å²) in [6.07, 6.45) is 1.36. The molecule has 0 amide bonds. The van der Waals surface area contributed by atoms with Gasteiger partial charge in [0, 0.05) is 13.0 Å². The second kappa shape index (κ2) is 3.88. The zero-order valence-corrected chi connectivity index (χ0v) is 6.29. The molecule has 2 heteroatoms. The molecule has 0 aliphatic carbocycles. The SMILES string of the molecule is NCc1ccccc1CC=O. The van der Waals surface area contributed by atoms with Crippen molar-refractivity contribution in [2.45, 2.75) is 13.0 Å². The first-order chi connectivity index (χ1) is 5.38. The van der Waals surface area contributed by atoms with Gasteiger partial charge in [0.1, 0.15) is 6.29 Å². The van der Waals surface area contributed by atoms with E-state index in [2.05, 4.69) is 0 Å². The number of carbonyl (C=O) groups is 1. The monoisotopic (exact) mass is 149 g/mol. The van der Waals surface area contributed by atoms with Crippen LogP contribution in [0.25, 0.3) is 0 Å². The van der Waals surface area contributed by atoms with Gasteiger partial charge in [0.15, 0.2) is 0 Å². The molecular formula is C9H11NO. The van der Waals surface area contributed by atoms with Crippen molar-refractivity contribution in [2.24, 2.45) is 5.73 Å². The molecule has 1 rings (SSSR count). The molecule has 1 aromatic rings. The molecule has 0 unspecified atom stereocenters. The minimum atomic E-state index is 0.466. The van der Waals surface area contributed by atoms with Crippen LogP contribution >= 0.6 is 0 Å². The molecule has 0 atom stereocenters. The molecule has 11 heavy (non-hydrogen) atoms. The number of benzene rings is 1. The van der Waals surface area contributed by atoms with Crippen LogP contribution in [0.5, 0.6) is 0 Å². The predicted molar refractivity (Wildman–Crippen MR) is 44.1 cm³/mol. The fourth-order valence-electron chi connectivity index (χ4n) is 1.05. The highest BCUT2D eigenvalue weighted by atomic mass is 16.1. The Morgan fingerprint density at radius 3 is 2.45 bits per heavy atom. The molecule has 0 saturated carbocycles. The molecule has 0 saturated heterocycles. The summed E-state index contributed by atoms with van der Waals surface area (Å²) in [4.78, 5) is 10.2. The number of nitrogens with two attached hydrogens (primary N) is 1. The summed E-state index contributed by atoms with van der Waals surface area (Å²) in [6, 6.07) is 7.71. The Hall–Kier alpha value is -1.15. The standard InChI is InChI=1S/C9H11NO/c10-7-9-4-2-1-3-8(9)5-6-11/h1-4,6H,5,7,10H2. The van der Waals surface area contributed by atoms with Gasteiger partial charge in [-0.05, 0) is 11.1 Å². The third-order valence-corrected chi connectivity index (χ3v) is 1.64. The highest BCUT2D eigenvalue weighted by Crippen LogP contribution is 2.06. The lowest BCUT2D eigenvalue weighted by molar-refractivity contribution is -0.107. The minimum absolute atomic E-state index is 0.466. The fourth-order valence-corrected chi connectivity index (χ4v) is 1.05. The molecule has 1 aromatic carbocycles. The van der Waals surface area contributed by atoms with Gasteiger partial charge in [0.2, 0.25) is 0 Å². The fraction of sp³-hybridized carbons (Fsp3) is 0.222. The van der Waals surface area contributed by atoms with E-state index in [0.29, 0.717) is 13.0 Å². The molecule has 2 nitrogen and oxygen atoms in total. The third-order valence-electron chi connectivity index (χ3n) is 1.64. The van der Waals surface area contributed by atoms with Crippen LogP contribution in [0.15, 0.2) is 24.3 Å². The molecule has 0 radical (unpaired) electrons. The first-order valence-corrected chi connectivity index (χ1v) is 3.59. The molecule has 0 aliphatic heterocycles. The largest absolute Gasteiger partial charge is 0.326 e. The summed E-state index contributed by atoms with van der Waals surface area (Å²) in [6.45, 7) is 0.504. The zero-order valence-electron chi connectivity index (χ0n) is 6.29. The van der Waals surface area contributed by atoms with Crippen molar-refractivity contribution in [3.05, 3.63) is 35.4 Å². The number of hydrogen-bond acceptors (Lipinski definition) is 2. The van der Waals surface area contributed by atoms with Crippen LogP contribution in [0.1, 0.15) is 11.1 Å². The van der Waals surface area contributed by atoms with Crippen molar-refractivity contribution in [3.63, 3.8) is 0 Å². The minimum Gasteiger partial charge on any atom is -0.326 e. The lowest BCUT2D eigenvalue weighted by Gasteiger charge is -2.01. The van der Waals surface area contributed by atoms with E-state index in [9.17, 15) is 4.79 Å². The number of aldehydes is 1. The van der Waals surface area contributed by atoms with Crippen LogP contribution in [0.2, 0.25) is 0 Å². The van der Waals surface area contributed by atoms with Crippen LogP contribution in [-0.2, 0) is 17.8 Å². The predicted octanol–water partition coefficient (Wildman–Crippen LogP) is 0.887.